The lowest BCUT2D eigenvalue weighted by molar-refractivity contribution is -0.115. The number of aromatic nitrogens is 1. The van der Waals surface area contributed by atoms with Gasteiger partial charge in [0.1, 0.15) is 4.88 Å². The van der Waals surface area contributed by atoms with Crippen LogP contribution in [0.5, 0.6) is 0 Å². The van der Waals surface area contributed by atoms with Crippen molar-refractivity contribution in [3.8, 4) is 0 Å². The predicted octanol–water partition coefficient (Wildman–Crippen LogP) is 3.20. The summed E-state index contributed by atoms with van der Waals surface area (Å²) in [5.74, 6) is -0.620. The summed E-state index contributed by atoms with van der Waals surface area (Å²) in [4.78, 5) is 27.3. The molecule has 3 aromatic rings. The van der Waals surface area contributed by atoms with Gasteiger partial charge in [-0.3, -0.25) is 4.79 Å². The van der Waals surface area contributed by atoms with Gasteiger partial charge in [0.25, 0.3) is 0 Å². The molecule has 0 fully saturated rings. The fourth-order valence-corrected chi connectivity index (χ4v) is 3.07. The Bertz CT molecular complexity index is 835. The number of nitrogens with one attached hydrogen (secondary N) is 2. The van der Waals surface area contributed by atoms with Crippen LogP contribution < -0.4 is 5.32 Å². The number of anilines is 1. The highest BCUT2D eigenvalue weighted by Crippen LogP contribution is 2.24. The average molecular weight is 314 g/mol. The Morgan fingerprint density at radius 3 is 2.91 bits per heavy atom. The van der Waals surface area contributed by atoms with E-state index >= 15 is 0 Å². The fraction of sp³-hybridized carbons (Fsp3) is 0.125. The van der Waals surface area contributed by atoms with Crippen LogP contribution in [0.3, 0.4) is 0 Å². The minimum absolute atomic E-state index is 0.173. The highest BCUT2D eigenvalue weighted by molar-refractivity contribution is 7.12. The Balaban J connectivity index is 1.76. The van der Waals surface area contributed by atoms with Gasteiger partial charge in [0, 0.05) is 17.1 Å². The summed E-state index contributed by atoms with van der Waals surface area (Å²) in [6, 6.07) is 9.51. The molecular formula is C16H14N2O3S. The van der Waals surface area contributed by atoms with E-state index in [0.717, 1.165) is 16.5 Å². The van der Waals surface area contributed by atoms with Crippen LogP contribution in [-0.4, -0.2) is 24.0 Å². The number of hydrogen-bond donors (Lipinski definition) is 2. The predicted molar refractivity (Wildman–Crippen MR) is 86.3 cm³/mol. The van der Waals surface area contributed by atoms with Crippen LogP contribution in [0.1, 0.15) is 15.2 Å². The quantitative estimate of drug-likeness (QED) is 0.726. The maximum atomic E-state index is 12.2. The number of carbonyl (C=O) groups excluding carboxylic acids is 2. The van der Waals surface area contributed by atoms with E-state index in [1.165, 1.54) is 18.4 Å². The third-order valence-electron chi connectivity index (χ3n) is 3.34. The summed E-state index contributed by atoms with van der Waals surface area (Å²) in [5, 5.41) is 5.53. The van der Waals surface area contributed by atoms with Gasteiger partial charge in [-0.1, -0.05) is 18.2 Å². The van der Waals surface area contributed by atoms with E-state index in [4.69, 9.17) is 4.74 Å². The van der Waals surface area contributed by atoms with E-state index in [1.807, 2.05) is 30.5 Å². The molecule has 0 aliphatic heterocycles. The Morgan fingerprint density at radius 2 is 2.09 bits per heavy atom. The van der Waals surface area contributed by atoms with Crippen molar-refractivity contribution in [3.05, 3.63) is 52.3 Å². The van der Waals surface area contributed by atoms with E-state index < -0.39 is 5.97 Å². The molecule has 0 aliphatic rings. The highest BCUT2D eigenvalue weighted by Gasteiger charge is 2.16. The second-order valence-corrected chi connectivity index (χ2v) is 5.66. The molecule has 0 radical (unpaired) electrons. The molecule has 0 bridgehead atoms. The molecule has 1 amide bonds. The zero-order valence-corrected chi connectivity index (χ0v) is 12.7. The Hall–Kier alpha value is -2.60. The van der Waals surface area contributed by atoms with Gasteiger partial charge < -0.3 is 15.0 Å². The standard InChI is InChI=1S/C16H14N2O3S/c1-21-16(20)15-13(6-7-22-15)18-14(19)8-10-9-17-12-5-3-2-4-11(10)12/h2-7,9,17H,8H2,1H3,(H,18,19). The lowest BCUT2D eigenvalue weighted by atomic mass is 10.1. The Morgan fingerprint density at radius 1 is 1.27 bits per heavy atom. The minimum atomic E-state index is -0.447. The monoisotopic (exact) mass is 314 g/mol. The molecule has 2 N–H and O–H groups in total. The Kier molecular flexibility index (Phi) is 3.93. The van der Waals surface area contributed by atoms with E-state index in [9.17, 15) is 9.59 Å². The summed E-state index contributed by atoms with van der Waals surface area (Å²) in [5.41, 5.74) is 2.40. The van der Waals surface area contributed by atoms with E-state index in [1.54, 1.807) is 11.4 Å². The molecule has 0 aliphatic carbocycles. The lowest BCUT2D eigenvalue weighted by Crippen LogP contribution is -2.15. The number of amides is 1. The summed E-state index contributed by atoms with van der Waals surface area (Å²) in [7, 11) is 1.32. The number of thiophene rings is 1. The molecule has 0 saturated heterocycles. The van der Waals surface area contributed by atoms with Gasteiger partial charge >= 0.3 is 5.97 Å². The van der Waals surface area contributed by atoms with Crippen LogP contribution in [0.25, 0.3) is 10.9 Å². The van der Waals surface area contributed by atoms with Crippen LogP contribution in [-0.2, 0) is 16.0 Å². The van der Waals surface area contributed by atoms with Crippen molar-refractivity contribution in [2.24, 2.45) is 0 Å². The summed E-state index contributed by atoms with van der Waals surface area (Å²) in [6.07, 6.45) is 2.07. The first kappa shape index (κ1) is 14.3. The zero-order chi connectivity index (χ0) is 15.5. The third kappa shape index (κ3) is 2.73. The van der Waals surface area contributed by atoms with Crippen molar-refractivity contribution in [2.75, 3.05) is 12.4 Å². The SMILES string of the molecule is COC(=O)c1sccc1NC(=O)Cc1c[nH]c2ccccc12. The van der Waals surface area contributed by atoms with Crippen molar-refractivity contribution >= 4 is 39.8 Å². The largest absolute Gasteiger partial charge is 0.465 e. The number of H-pyrrole nitrogens is 1. The van der Waals surface area contributed by atoms with Crippen LogP contribution in [0, 0.1) is 0 Å². The van der Waals surface area contributed by atoms with Crippen LogP contribution in [0.15, 0.2) is 41.9 Å². The van der Waals surface area contributed by atoms with Crippen LogP contribution >= 0.6 is 11.3 Å². The fourth-order valence-electron chi connectivity index (χ4n) is 2.30. The van der Waals surface area contributed by atoms with Crippen molar-refractivity contribution in [1.82, 2.24) is 4.98 Å². The molecule has 22 heavy (non-hydrogen) atoms. The number of esters is 1. The number of para-hydroxylation sites is 1. The van der Waals surface area contributed by atoms with Crippen LogP contribution in [0.4, 0.5) is 5.69 Å². The number of benzene rings is 1. The van der Waals surface area contributed by atoms with Crippen molar-refractivity contribution in [2.45, 2.75) is 6.42 Å². The highest BCUT2D eigenvalue weighted by atomic mass is 32.1. The van der Waals surface area contributed by atoms with Gasteiger partial charge in [0.15, 0.2) is 0 Å². The number of ether oxygens (including phenoxy) is 1. The molecule has 2 aromatic heterocycles. The second kappa shape index (κ2) is 6.03. The topological polar surface area (TPSA) is 71.2 Å². The molecule has 0 spiro atoms. The first-order chi connectivity index (χ1) is 10.7. The maximum absolute atomic E-state index is 12.2. The summed E-state index contributed by atoms with van der Waals surface area (Å²) >= 11 is 1.24. The minimum Gasteiger partial charge on any atom is -0.465 e. The molecule has 2 heterocycles. The number of carbonyl (C=O) groups is 2. The van der Waals surface area contributed by atoms with Crippen molar-refractivity contribution in [1.29, 1.82) is 0 Å². The molecule has 5 nitrogen and oxygen atoms in total. The smallest absolute Gasteiger partial charge is 0.350 e. The first-order valence-electron chi connectivity index (χ1n) is 6.69. The van der Waals surface area contributed by atoms with E-state index in [-0.39, 0.29) is 12.3 Å². The molecular weight excluding hydrogens is 300 g/mol. The second-order valence-electron chi connectivity index (χ2n) is 4.74. The van der Waals surface area contributed by atoms with Gasteiger partial charge in [-0.25, -0.2) is 4.79 Å². The van der Waals surface area contributed by atoms with Crippen LogP contribution in [0.2, 0.25) is 0 Å². The summed E-state index contributed by atoms with van der Waals surface area (Å²) in [6.45, 7) is 0. The van der Waals surface area contributed by atoms with Gasteiger partial charge in [-0.2, -0.15) is 0 Å². The van der Waals surface area contributed by atoms with Gasteiger partial charge in [0.2, 0.25) is 5.91 Å². The molecule has 1 aromatic carbocycles. The van der Waals surface area contributed by atoms with E-state index in [2.05, 4.69) is 10.3 Å². The molecule has 3 rings (SSSR count). The first-order valence-corrected chi connectivity index (χ1v) is 7.57. The number of fused-ring (bicyclic) bond motifs is 1. The number of methoxy groups -OCH3 is 1. The van der Waals surface area contributed by atoms with Crippen molar-refractivity contribution < 1.29 is 14.3 Å². The van der Waals surface area contributed by atoms with E-state index in [0.29, 0.717) is 10.6 Å². The zero-order valence-electron chi connectivity index (χ0n) is 11.9. The number of hydrogen-bond acceptors (Lipinski definition) is 4. The normalized spacial score (nSPS) is 10.6. The Labute approximate surface area is 130 Å². The number of rotatable bonds is 4. The van der Waals surface area contributed by atoms with Gasteiger partial charge in [-0.15, -0.1) is 11.3 Å². The van der Waals surface area contributed by atoms with Gasteiger partial charge in [-0.05, 0) is 23.1 Å². The average Bonchev–Trinajstić information content (AvgIpc) is 3.14. The molecule has 0 unspecified atom stereocenters. The molecule has 0 atom stereocenters. The third-order valence-corrected chi connectivity index (χ3v) is 4.23. The van der Waals surface area contributed by atoms with Crippen molar-refractivity contribution in [3.63, 3.8) is 0 Å². The molecule has 112 valence electrons. The summed E-state index contributed by atoms with van der Waals surface area (Å²) < 4.78 is 4.70. The maximum Gasteiger partial charge on any atom is 0.350 e. The number of aromatic amines is 1. The molecule has 0 saturated carbocycles. The van der Waals surface area contributed by atoms with Gasteiger partial charge in [0.05, 0.1) is 19.2 Å². The molecule has 6 heteroatoms. The lowest BCUT2D eigenvalue weighted by Gasteiger charge is -2.05.